The van der Waals surface area contributed by atoms with Crippen LogP contribution in [0, 0.1) is 0 Å². The summed E-state index contributed by atoms with van der Waals surface area (Å²) in [6.07, 6.45) is 2.36. The summed E-state index contributed by atoms with van der Waals surface area (Å²) in [5, 5.41) is 4.26. The molecule has 1 aromatic carbocycles. The van der Waals surface area contributed by atoms with Crippen molar-refractivity contribution in [2.24, 2.45) is 5.84 Å². The van der Waals surface area contributed by atoms with Crippen LogP contribution in [0.4, 0.5) is 0 Å². The predicted octanol–water partition coefficient (Wildman–Crippen LogP) is 2.79. The van der Waals surface area contributed by atoms with Crippen LogP contribution in [-0.2, 0) is 6.42 Å². The Balaban J connectivity index is 1.95. The van der Waals surface area contributed by atoms with Gasteiger partial charge in [-0.2, -0.15) is 5.10 Å². The summed E-state index contributed by atoms with van der Waals surface area (Å²) in [5.41, 5.74) is 2.88. The average molecular weight is 370 g/mol. The van der Waals surface area contributed by atoms with Crippen molar-refractivity contribution >= 4 is 27.7 Å². The van der Waals surface area contributed by atoms with Crippen LogP contribution in [0.1, 0.15) is 25.7 Å². The molecule has 0 spiro atoms. The second kappa shape index (κ2) is 7.93. The normalized spacial score (nSPS) is 12.8. The Morgan fingerprint density at radius 2 is 2.24 bits per heavy atom. The number of hydrazine groups is 1. The van der Waals surface area contributed by atoms with E-state index in [2.05, 4.69) is 57.4 Å². The van der Waals surface area contributed by atoms with Gasteiger partial charge >= 0.3 is 0 Å². The van der Waals surface area contributed by atoms with Crippen molar-refractivity contribution in [1.82, 2.24) is 20.2 Å². The smallest absolute Gasteiger partial charge is 0.138 e. The van der Waals surface area contributed by atoms with Crippen molar-refractivity contribution in [2.45, 2.75) is 37.2 Å². The molecule has 1 atom stereocenters. The summed E-state index contributed by atoms with van der Waals surface area (Å²) >= 11 is 5.26. The molecule has 0 aliphatic carbocycles. The number of rotatable bonds is 7. The molecule has 1 aromatic heterocycles. The van der Waals surface area contributed by atoms with E-state index in [0.29, 0.717) is 6.04 Å². The van der Waals surface area contributed by atoms with E-state index in [4.69, 9.17) is 5.84 Å². The molecule has 2 rings (SSSR count). The van der Waals surface area contributed by atoms with Gasteiger partial charge in [-0.3, -0.25) is 11.3 Å². The van der Waals surface area contributed by atoms with E-state index in [1.165, 1.54) is 4.90 Å². The predicted molar refractivity (Wildman–Crippen MR) is 90.1 cm³/mol. The van der Waals surface area contributed by atoms with E-state index in [-0.39, 0.29) is 6.04 Å². The Labute approximate surface area is 137 Å². The molecule has 21 heavy (non-hydrogen) atoms. The Kier molecular flexibility index (Phi) is 6.22. The zero-order valence-electron chi connectivity index (χ0n) is 12.2. The maximum Gasteiger partial charge on any atom is 0.138 e. The van der Waals surface area contributed by atoms with Gasteiger partial charge in [-0.05, 0) is 32.0 Å². The molecule has 114 valence electrons. The fraction of sp³-hybridized carbons (Fsp3) is 0.429. The first-order valence-electron chi connectivity index (χ1n) is 6.83. The molecule has 0 bridgehead atoms. The van der Waals surface area contributed by atoms with Gasteiger partial charge in [0.05, 0.1) is 0 Å². The quantitative estimate of drug-likeness (QED) is 0.446. The van der Waals surface area contributed by atoms with E-state index in [1.807, 2.05) is 16.8 Å². The van der Waals surface area contributed by atoms with Gasteiger partial charge in [-0.1, -0.05) is 22.0 Å². The lowest BCUT2D eigenvalue weighted by atomic mass is 10.2. The Morgan fingerprint density at radius 1 is 1.43 bits per heavy atom. The van der Waals surface area contributed by atoms with Crippen LogP contribution in [-0.4, -0.2) is 26.6 Å². The number of hydrogen-bond acceptors (Lipinski definition) is 5. The van der Waals surface area contributed by atoms with Gasteiger partial charge in [-0.25, -0.2) is 9.67 Å². The van der Waals surface area contributed by atoms with Gasteiger partial charge in [0.1, 0.15) is 12.2 Å². The molecule has 0 radical (unpaired) electrons. The first-order chi connectivity index (χ1) is 10.1. The van der Waals surface area contributed by atoms with Crippen molar-refractivity contribution in [1.29, 1.82) is 0 Å². The van der Waals surface area contributed by atoms with Crippen LogP contribution in [0.25, 0.3) is 0 Å². The molecule has 5 nitrogen and oxygen atoms in total. The van der Waals surface area contributed by atoms with Crippen molar-refractivity contribution in [3.63, 3.8) is 0 Å². The number of nitrogens with two attached hydrogens (primary N) is 1. The maximum atomic E-state index is 5.68. The van der Waals surface area contributed by atoms with Crippen LogP contribution in [0.5, 0.6) is 0 Å². The number of nitrogens with one attached hydrogen (secondary N) is 1. The highest BCUT2D eigenvalue weighted by Crippen LogP contribution is 2.23. The minimum Gasteiger partial charge on any atom is -0.271 e. The Bertz CT molecular complexity index is 572. The first kappa shape index (κ1) is 16.5. The molecule has 0 saturated carbocycles. The van der Waals surface area contributed by atoms with Crippen LogP contribution < -0.4 is 11.3 Å². The third-order valence-electron chi connectivity index (χ3n) is 3.05. The zero-order chi connectivity index (χ0) is 15.2. The fourth-order valence-electron chi connectivity index (χ4n) is 1.99. The molecule has 0 fully saturated rings. The van der Waals surface area contributed by atoms with Crippen LogP contribution in [0.15, 0.2) is 40.0 Å². The molecule has 0 aliphatic heterocycles. The van der Waals surface area contributed by atoms with Gasteiger partial charge in [0.25, 0.3) is 0 Å². The summed E-state index contributed by atoms with van der Waals surface area (Å²) in [7, 11) is 0. The molecular formula is C14H20BrN5S. The summed E-state index contributed by atoms with van der Waals surface area (Å²) < 4.78 is 3.03. The van der Waals surface area contributed by atoms with Crippen molar-refractivity contribution in [2.75, 3.05) is 5.75 Å². The summed E-state index contributed by atoms with van der Waals surface area (Å²) in [6, 6.07) is 8.71. The summed E-state index contributed by atoms with van der Waals surface area (Å²) in [4.78, 5) is 5.55. The zero-order valence-corrected chi connectivity index (χ0v) is 14.6. The summed E-state index contributed by atoms with van der Waals surface area (Å²) in [5.74, 6) is 7.51. The molecule has 0 saturated heterocycles. The maximum absolute atomic E-state index is 5.68. The average Bonchev–Trinajstić information content (AvgIpc) is 2.91. The second-order valence-corrected chi connectivity index (χ2v) is 7.06. The molecule has 1 heterocycles. The standard InChI is InChI=1S/C14H20BrN5S/c1-10(2)20-14(17-9-18-20)7-12(19-16)8-21-13-5-3-4-11(15)6-13/h3-6,9-10,12,19H,7-8,16H2,1-2H3. The lowest BCUT2D eigenvalue weighted by molar-refractivity contribution is 0.477. The number of thioether (sulfide) groups is 1. The fourth-order valence-corrected chi connectivity index (χ4v) is 3.54. The van der Waals surface area contributed by atoms with Gasteiger partial charge in [0.15, 0.2) is 0 Å². The van der Waals surface area contributed by atoms with E-state index in [1.54, 1.807) is 18.1 Å². The molecule has 0 aliphatic rings. The second-order valence-electron chi connectivity index (χ2n) is 5.05. The molecular weight excluding hydrogens is 350 g/mol. The SMILES string of the molecule is CC(C)n1ncnc1CC(CSc1cccc(Br)c1)NN. The van der Waals surface area contributed by atoms with Crippen LogP contribution >= 0.6 is 27.7 Å². The molecule has 2 aromatic rings. The number of aromatic nitrogens is 3. The highest BCUT2D eigenvalue weighted by Gasteiger charge is 2.14. The lowest BCUT2D eigenvalue weighted by Crippen LogP contribution is -2.39. The third-order valence-corrected chi connectivity index (χ3v) is 4.70. The number of nitrogens with zero attached hydrogens (tertiary/aromatic N) is 3. The molecule has 7 heteroatoms. The van der Waals surface area contributed by atoms with E-state index < -0.39 is 0 Å². The van der Waals surface area contributed by atoms with Crippen molar-refractivity contribution in [3.05, 3.63) is 40.9 Å². The largest absolute Gasteiger partial charge is 0.271 e. The highest BCUT2D eigenvalue weighted by molar-refractivity contribution is 9.10. The van der Waals surface area contributed by atoms with Crippen LogP contribution in [0.2, 0.25) is 0 Å². The number of benzene rings is 1. The Morgan fingerprint density at radius 3 is 2.90 bits per heavy atom. The van der Waals surface area contributed by atoms with Crippen molar-refractivity contribution < 1.29 is 0 Å². The van der Waals surface area contributed by atoms with Gasteiger partial charge in [0, 0.05) is 33.6 Å². The van der Waals surface area contributed by atoms with Gasteiger partial charge in [0.2, 0.25) is 0 Å². The minimum absolute atomic E-state index is 0.149. The number of hydrogen-bond donors (Lipinski definition) is 2. The van der Waals surface area contributed by atoms with E-state index in [9.17, 15) is 0 Å². The minimum atomic E-state index is 0.149. The van der Waals surface area contributed by atoms with Crippen LogP contribution in [0.3, 0.4) is 0 Å². The van der Waals surface area contributed by atoms with Crippen molar-refractivity contribution in [3.8, 4) is 0 Å². The highest BCUT2D eigenvalue weighted by atomic mass is 79.9. The molecule has 3 N–H and O–H groups in total. The lowest BCUT2D eigenvalue weighted by Gasteiger charge is -2.16. The number of halogens is 1. The topological polar surface area (TPSA) is 68.8 Å². The Hall–Kier alpha value is -0.890. The first-order valence-corrected chi connectivity index (χ1v) is 8.61. The molecule has 0 amide bonds. The third kappa shape index (κ3) is 4.81. The monoisotopic (exact) mass is 369 g/mol. The van der Waals surface area contributed by atoms with Gasteiger partial charge < -0.3 is 0 Å². The van der Waals surface area contributed by atoms with E-state index >= 15 is 0 Å². The van der Waals surface area contributed by atoms with E-state index in [0.717, 1.165) is 22.5 Å². The van der Waals surface area contributed by atoms with Gasteiger partial charge in [-0.15, -0.1) is 11.8 Å². The summed E-state index contributed by atoms with van der Waals surface area (Å²) in [6.45, 7) is 4.19. The molecule has 1 unspecified atom stereocenters.